The molecule has 2 rings (SSSR count). The molecule has 0 fully saturated rings. The third-order valence-corrected chi connectivity index (χ3v) is 2.73. The summed E-state index contributed by atoms with van der Waals surface area (Å²) in [6.45, 7) is 4.01. The van der Waals surface area contributed by atoms with Gasteiger partial charge in [0.25, 0.3) is 0 Å². The Morgan fingerprint density at radius 3 is 2.17 bits per heavy atom. The fourth-order valence-electron chi connectivity index (χ4n) is 1.95. The van der Waals surface area contributed by atoms with Crippen molar-refractivity contribution in [2.75, 3.05) is 0 Å². The first kappa shape index (κ1) is 12.3. The molecule has 1 nitrogen and oxygen atoms in total. The Bertz CT molecular complexity index is 560. The van der Waals surface area contributed by atoms with Crippen LogP contribution < -0.4 is 0 Å². The molecule has 0 amide bonds. The van der Waals surface area contributed by atoms with Crippen LogP contribution in [0.3, 0.4) is 0 Å². The quantitative estimate of drug-likeness (QED) is 0.576. The number of hydrogen-bond acceptors (Lipinski definition) is 1. The van der Waals surface area contributed by atoms with Crippen LogP contribution in [0.25, 0.3) is 6.08 Å². The number of hydrogen-bond donors (Lipinski definition) is 0. The number of allylic oxidation sites excluding steroid dienone is 1. The second-order valence-electron chi connectivity index (χ2n) is 4.48. The average Bonchev–Trinajstić information content (AvgIpc) is 2.36. The van der Waals surface area contributed by atoms with Gasteiger partial charge in [0.05, 0.1) is 0 Å². The number of carbonyl (C=O) groups is 1. The van der Waals surface area contributed by atoms with Crippen molar-refractivity contribution in [3.8, 4) is 0 Å². The SMILES string of the molecule is Cc1cc(C)cc(C(=O)/C=C/c2ccccc2)c1. The van der Waals surface area contributed by atoms with Crippen molar-refractivity contribution in [3.05, 3.63) is 76.9 Å². The van der Waals surface area contributed by atoms with Crippen LogP contribution in [0.1, 0.15) is 27.0 Å². The predicted octanol–water partition coefficient (Wildman–Crippen LogP) is 4.20. The van der Waals surface area contributed by atoms with E-state index < -0.39 is 0 Å². The van der Waals surface area contributed by atoms with Gasteiger partial charge in [0.15, 0.2) is 5.78 Å². The van der Waals surface area contributed by atoms with Crippen LogP contribution in [0.2, 0.25) is 0 Å². The molecule has 0 aliphatic heterocycles. The lowest BCUT2D eigenvalue weighted by molar-refractivity contribution is 0.104. The summed E-state index contributed by atoms with van der Waals surface area (Å²) in [6.07, 6.45) is 3.48. The molecule has 2 aromatic rings. The van der Waals surface area contributed by atoms with Crippen LogP contribution in [0, 0.1) is 13.8 Å². The molecule has 0 heterocycles. The normalized spacial score (nSPS) is 10.8. The lowest BCUT2D eigenvalue weighted by atomic mass is 10.0. The van der Waals surface area contributed by atoms with Crippen molar-refractivity contribution in [3.63, 3.8) is 0 Å². The van der Waals surface area contributed by atoms with E-state index in [4.69, 9.17) is 0 Å². The average molecular weight is 236 g/mol. The lowest BCUT2D eigenvalue weighted by Gasteiger charge is -2.01. The maximum atomic E-state index is 12.0. The molecule has 0 atom stereocenters. The Morgan fingerprint density at radius 2 is 1.56 bits per heavy atom. The first-order valence-corrected chi connectivity index (χ1v) is 6.01. The highest BCUT2D eigenvalue weighted by Gasteiger charge is 2.02. The van der Waals surface area contributed by atoms with Gasteiger partial charge in [-0.1, -0.05) is 53.6 Å². The minimum absolute atomic E-state index is 0.0469. The van der Waals surface area contributed by atoms with E-state index >= 15 is 0 Å². The van der Waals surface area contributed by atoms with E-state index in [-0.39, 0.29) is 5.78 Å². The molecule has 0 bridgehead atoms. The number of rotatable bonds is 3. The van der Waals surface area contributed by atoms with Gasteiger partial charge in [0.2, 0.25) is 0 Å². The molecule has 18 heavy (non-hydrogen) atoms. The van der Waals surface area contributed by atoms with Crippen molar-refractivity contribution in [1.82, 2.24) is 0 Å². The molecule has 0 aliphatic carbocycles. The molecule has 0 unspecified atom stereocenters. The Morgan fingerprint density at radius 1 is 0.944 bits per heavy atom. The summed E-state index contributed by atoms with van der Waals surface area (Å²) < 4.78 is 0. The second-order valence-corrected chi connectivity index (χ2v) is 4.48. The third-order valence-electron chi connectivity index (χ3n) is 2.73. The third kappa shape index (κ3) is 3.17. The number of aryl methyl sites for hydroxylation is 2. The number of benzene rings is 2. The first-order chi connectivity index (χ1) is 8.65. The molecule has 1 heteroatoms. The Labute approximate surface area is 108 Å². The fourth-order valence-corrected chi connectivity index (χ4v) is 1.95. The van der Waals surface area contributed by atoms with E-state index in [2.05, 4.69) is 6.07 Å². The van der Waals surface area contributed by atoms with Gasteiger partial charge in [-0.2, -0.15) is 0 Å². The van der Waals surface area contributed by atoms with Crippen LogP contribution in [0.4, 0.5) is 0 Å². The van der Waals surface area contributed by atoms with E-state index in [1.807, 2.05) is 62.4 Å². The van der Waals surface area contributed by atoms with E-state index in [0.717, 1.165) is 22.3 Å². The largest absolute Gasteiger partial charge is 0.289 e. The smallest absolute Gasteiger partial charge is 0.185 e. The van der Waals surface area contributed by atoms with Gasteiger partial charge in [0.1, 0.15) is 0 Å². The zero-order chi connectivity index (χ0) is 13.0. The highest BCUT2D eigenvalue weighted by Crippen LogP contribution is 2.11. The van der Waals surface area contributed by atoms with Crippen LogP contribution in [0.5, 0.6) is 0 Å². The van der Waals surface area contributed by atoms with Gasteiger partial charge in [-0.15, -0.1) is 0 Å². The summed E-state index contributed by atoms with van der Waals surface area (Å²) >= 11 is 0. The zero-order valence-corrected chi connectivity index (χ0v) is 10.7. The molecule has 2 aromatic carbocycles. The summed E-state index contributed by atoms with van der Waals surface area (Å²) in [6, 6.07) is 15.7. The maximum absolute atomic E-state index is 12.0. The zero-order valence-electron chi connectivity index (χ0n) is 10.7. The standard InChI is InChI=1S/C17H16O/c1-13-10-14(2)12-16(11-13)17(18)9-8-15-6-4-3-5-7-15/h3-12H,1-2H3/b9-8+. The predicted molar refractivity (Wildman–Crippen MR) is 75.7 cm³/mol. The van der Waals surface area contributed by atoms with E-state index in [9.17, 15) is 4.79 Å². The summed E-state index contributed by atoms with van der Waals surface area (Å²) in [5, 5.41) is 0. The Balaban J connectivity index is 2.20. The van der Waals surface area contributed by atoms with Gasteiger partial charge >= 0.3 is 0 Å². The van der Waals surface area contributed by atoms with Gasteiger partial charge in [-0.3, -0.25) is 4.79 Å². The number of carbonyl (C=O) groups excluding carboxylic acids is 1. The summed E-state index contributed by atoms with van der Waals surface area (Å²) in [5.41, 5.74) is 4.02. The molecule has 0 spiro atoms. The molecular formula is C17H16O. The van der Waals surface area contributed by atoms with E-state index in [1.165, 1.54) is 0 Å². The van der Waals surface area contributed by atoms with Crippen LogP contribution in [-0.2, 0) is 0 Å². The van der Waals surface area contributed by atoms with Crippen molar-refractivity contribution in [2.45, 2.75) is 13.8 Å². The Kier molecular flexibility index (Phi) is 3.73. The van der Waals surface area contributed by atoms with Gasteiger partial charge < -0.3 is 0 Å². The lowest BCUT2D eigenvalue weighted by Crippen LogP contribution is -1.95. The minimum atomic E-state index is 0.0469. The second kappa shape index (κ2) is 5.46. The highest BCUT2D eigenvalue weighted by molar-refractivity contribution is 6.07. The number of ketones is 1. The first-order valence-electron chi connectivity index (χ1n) is 6.01. The van der Waals surface area contributed by atoms with Gasteiger partial charge in [0, 0.05) is 5.56 Å². The summed E-state index contributed by atoms with van der Waals surface area (Å²) in [4.78, 5) is 12.0. The summed E-state index contributed by atoms with van der Waals surface area (Å²) in [5.74, 6) is 0.0469. The molecule has 0 saturated heterocycles. The van der Waals surface area contributed by atoms with E-state index in [1.54, 1.807) is 6.08 Å². The highest BCUT2D eigenvalue weighted by atomic mass is 16.1. The molecule has 0 radical (unpaired) electrons. The summed E-state index contributed by atoms with van der Waals surface area (Å²) in [7, 11) is 0. The monoisotopic (exact) mass is 236 g/mol. The van der Waals surface area contributed by atoms with Crippen molar-refractivity contribution < 1.29 is 4.79 Å². The van der Waals surface area contributed by atoms with Crippen LogP contribution in [-0.4, -0.2) is 5.78 Å². The van der Waals surface area contributed by atoms with Gasteiger partial charge in [-0.25, -0.2) is 0 Å². The molecule has 0 N–H and O–H groups in total. The molecule has 0 aromatic heterocycles. The molecule has 90 valence electrons. The maximum Gasteiger partial charge on any atom is 0.185 e. The van der Waals surface area contributed by atoms with Crippen molar-refractivity contribution in [2.24, 2.45) is 0 Å². The molecular weight excluding hydrogens is 220 g/mol. The Hall–Kier alpha value is -2.15. The van der Waals surface area contributed by atoms with Crippen molar-refractivity contribution in [1.29, 1.82) is 0 Å². The minimum Gasteiger partial charge on any atom is -0.289 e. The van der Waals surface area contributed by atoms with Crippen molar-refractivity contribution >= 4 is 11.9 Å². The topological polar surface area (TPSA) is 17.1 Å². The fraction of sp³-hybridized carbons (Fsp3) is 0.118. The molecule has 0 aliphatic rings. The molecule has 0 saturated carbocycles. The van der Waals surface area contributed by atoms with Crippen LogP contribution >= 0.6 is 0 Å². The van der Waals surface area contributed by atoms with E-state index in [0.29, 0.717) is 0 Å². The van der Waals surface area contributed by atoms with Gasteiger partial charge in [-0.05, 0) is 37.6 Å². The van der Waals surface area contributed by atoms with Crippen LogP contribution in [0.15, 0.2) is 54.6 Å².